The summed E-state index contributed by atoms with van der Waals surface area (Å²) < 4.78 is 29.2. The zero-order chi connectivity index (χ0) is 15.3. The Kier molecular flexibility index (Phi) is 2.25. The molecule has 0 bridgehead atoms. The van der Waals surface area contributed by atoms with E-state index in [0.29, 0.717) is 4.57 Å². The molecule has 0 radical (unpaired) electrons. The summed E-state index contributed by atoms with van der Waals surface area (Å²) in [5, 5.41) is 18.8. The fourth-order valence-electron chi connectivity index (χ4n) is 1.44. The summed E-state index contributed by atoms with van der Waals surface area (Å²) in [4.78, 5) is 25.0. The molecule has 1 fully saturated rings. The molecule has 1 aliphatic rings. The van der Waals surface area contributed by atoms with E-state index in [-0.39, 0.29) is 5.56 Å². The fourth-order valence-corrected chi connectivity index (χ4v) is 1.44. The molecule has 3 N–H and O–H groups in total. The molecule has 0 spiro atoms. The van der Waals surface area contributed by atoms with Crippen LogP contribution in [0.2, 0.25) is 0 Å². The van der Waals surface area contributed by atoms with Crippen LogP contribution in [0.15, 0.2) is 15.8 Å². The molecule has 2 rings (SSSR count). The Labute approximate surface area is 101 Å². The van der Waals surface area contributed by atoms with Crippen LogP contribution in [0.3, 0.4) is 0 Å². The fraction of sp³-hybridized carbons (Fsp3) is 0.600. The van der Waals surface area contributed by atoms with Crippen molar-refractivity contribution in [1.29, 1.82) is 0 Å². The first-order chi connectivity index (χ1) is 9.15. The summed E-state index contributed by atoms with van der Waals surface area (Å²) >= 11 is 0. The summed E-state index contributed by atoms with van der Waals surface area (Å²) in [6.07, 6.45) is -7.40. The topological polar surface area (TPSA) is 105 Å². The summed E-state index contributed by atoms with van der Waals surface area (Å²) in [6.45, 7) is 0.668. The van der Waals surface area contributed by atoms with Crippen LogP contribution in [-0.4, -0.2) is 38.6 Å². The van der Waals surface area contributed by atoms with Crippen LogP contribution in [0.5, 0.6) is 0 Å². The second kappa shape index (κ2) is 4.44. The third-order valence-electron chi connectivity index (χ3n) is 2.41. The largest absolute Gasteiger partial charge is 0.394 e. The lowest BCUT2D eigenvalue weighted by atomic mass is 10.2. The molecule has 3 atom stereocenters. The lowest BCUT2D eigenvalue weighted by molar-refractivity contribution is -0.0459. The molecule has 1 saturated heterocycles. The van der Waals surface area contributed by atoms with E-state index in [9.17, 15) is 14.7 Å². The Bertz CT molecular complexity index is 643. The highest BCUT2D eigenvalue weighted by Gasteiger charge is 2.34. The molecular weight excluding hydrogens is 228 g/mol. The average Bonchev–Trinajstić information content (AvgIpc) is 2.55. The molecule has 2 heterocycles. The number of ether oxygens (including phenoxy) is 1. The lowest BCUT2D eigenvalue weighted by Gasteiger charge is -2.14. The van der Waals surface area contributed by atoms with Crippen LogP contribution in [0, 0.1) is 6.92 Å². The van der Waals surface area contributed by atoms with Gasteiger partial charge in [0.25, 0.3) is 5.56 Å². The maximum Gasteiger partial charge on any atom is 0.330 e. The molecule has 94 valence electrons. The standard InChI is InChI=1S/C10H14N2O5/c1-5-3-12(10(16)11-9(5)15)8-2-6(14)7(4-13)17-8/h3,6-8,13-14H,2,4H2,1H3,(H,11,15,16)/t6-,7+,8+/m0/s1/i2D2,8D. The number of aromatic amines is 1. The minimum Gasteiger partial charge on any atom is -0.394 e. The van der Waals surface area contributed by atoms with Gasteiger partial charge in [-0.15, -0.1) is 0 Å². The quantitative estimate of drug-likeness (QED) is 0.587. The number of hydrogen-bond donors (Lipinski definition) is 3. The van der Waals surface area contributed by atoms with Crippen molar-refractivity contribution < 1.29 is 19.1 Å². The van der Waals surface area contributed by atoms with Gasteiger partial charge in [-0.25, -0.2) is 4.79 Å². The molecule has 7 nitrogen and oxygen atoms in total. The number of aliphatic hydroxyl groups excluding tert-OH is 2. The number of rotatable bonds is 2. The molecule has 1 aromatic heterocycles. The minimum atomic E-state index is -2.66. The summed E-state index contributed by atoms with van der Waals surface area (Å²) in [7, 11) is 0. The Morgan fingerprint density at radius 1 is 1.76 bits per heavy atom. The number of aliphatic hydroxyl groups is 2. The van der Waals surface area contributed by atoms with Crippen molar-refractivity contribution in [2.45, 2.75) is 31.7 Å². The van der Waals surface area contributed by atoms with Crippen LogP contribution >= 0.6 is 0 Å². The molecule has 1 aliphatic heterocycles. The van der Waals surface area contributed by atoms with Crippen LogP contribution in [0.1, 0.15) is 22.3 Å². The maximum absolute atomic E-state index is 11.8. The molecule has 0 unspecified atom stereocenters. The highest BCUT2D eigenvalue weighted by atomic mass is 16.5. The molecule has 0 aromatic carbocycles. The average molecular weight is 245 g/mol. The molecule has 17 heavy (non-hydrogen) atoms. The van der Waals surface area contributed by atoms with E-state index in [2.05, 4.69) is 0 Å². The van der Waals surface area contributed by atoms with Gasteiger partial charge in [-0.1, -0.05) is 0 Å². The normalized spacial score (nSPS) is 38.4. The van der Waals surface area contributed by atoms with Crippen molar-refractivity contribution in [3.63, 3.8) is 0 Å². The molecule has 0 saturated carbocycles. The van der Waals surface area contributed by atoms with E-state index < -0.39 is 42.6 Å². The van der Waals surface area contributed by atoms with Crippen LogP contribution in [-0.2, 0) is 4.74 Å². The third-order valence-corrected chi connectivity index (χ3v) is 2.41. The molecule has 0 amide bonds. The smallest absolute Gasteiger partial charge is 0.330 e. The van der Waals surface area contributed by atoms with E-state index in [4.69, 9.17) is 14.0 Å². The lowest BCUT2D eigenvalue weighted by Crippen LogP contribution is -2.33. The van der Waals surface area contributed by atoms with E-state index >= 15 is 0 Å². The van der Waals surface area contributed by atoms with Crippen molar-refractivity contribution in [3.8, 4) is 0 Å². The first-order valence-corrected chi connectivity index (χ1v) is 4.95. The van der Waals surface area contributed by atoms with Gasteiger partial charge >= 0.3 is 5.69 Å². The van der Waals surface area contributed by atoms with Crippen molar-refractivity contribution in [2.24, 2.45) is 0 Å². The van der Waals surface area contributed by atoms with Crippen molar-refractivity contribution >= 4 is 0 Å². The highest BCUT2D eigenvalue weighted by Crippen LogP contribution is 2.27. The number of nitrogens with one attached hydrogen (secondary N) is 1. The Morgan fingerprint density at radius 2 is 2.47 bits per heavy atom. The Morgan fingerprint density at radius 3 is 3.06 bits per heavy atom. The number of nitrogens with zero attached hydrogens (tertiary/aromatic N) is 1. The molecular formula is C10H14N2O5. The van der Waals surface area contributed by atoms with Gasteiger partial charge in [-0.05, 0) is 6.92 Å². The number of hydrogen-bond acceptors (Lipinski definition) is 5. The zero-order valence-corrected chi connectivity index (χ0v) is 9.01. The van der Waals surface area contributed by atoms with Gasteiger partial charge < -0.3 is 14.9 Å². The second-order valence-electron chi connectivity index (χ2n) is 3.67. The SMILES string of the molecule is [2H]C1([2H])[C@H](O)[C@@H](CO)O[C@@]1([2H])n1cc(C)c(=O)[nH]c1=O. The summed E-state index contributed by atoms with van der Waals surface area (Å²) in [5.41, 5.74) is -1.62. The summed E-state index contributed by atoms with van der Waals surface area (Å²) in [6, 6.07) is 0. The molecule has 7 heteroatoms. The van der Waals surface area contributed by atoms with Gasteiger partial charge in [0.2, 0.25) is 0 Å². The van der Waals surface area contributed by atoms with E-state index in [1.165, 1.54) is 6.92 Å². The van der Waals surface area contributed by atoms with Gasteiger partial charge in [-0.3, -0.25) is 14.3 Å². The number of H-pyrrole nitrogens is 1. The van der Waals surface area contributed by atoms with Crippen LogP contribution in [0.4, 0.5) is 0 Å². The number of aromatic nitrogens is 2. The monoisotopic (exact) mass is 245 g/mol. The molecule has 1 aromatic rings. The van der Waals surface area contributed by atoms with Gasteiger partial charge in [0.05, 0.1) is 14.1 Å². The summed E-state index contributed by atoms with van der Waals surface area (Å²) in [5.74, 6) is 0. The van der Waals surface area contributed by atoms with Crippen molar-refractivity contribution in [3.05, 3.63) is 32.6 Å². The van der Waals surface area contributed by atoms with E-state index in [1.54, 1.807) is 0 Å². The van der Waals surface area contributed by atoms with Gasteiger partial charge in [-0.2, -0.15) is 0 Å². The number of aryl methyl sites for hydroxylation is 1. The van der Waals surface area contributed by atoms with Crippen molar-refractivity contribution in [1.82, 2.24) is 9.55 Å². The zero-order valence-electron chi connectivity index (χ0n) is 12.0. The Balaban J connectivity index is 2.65. The predicted molar refractivity (Wildman–Crippen MR) is 57.7 cm³/mol. The predicted octanol–water partition coefficient (Wildman–Crippen LogP) is -1.51. The minimum absolute atomic E-state index is 0.0811. The first-order valence-electron chi connectivity index (χ1n) is 6.45. The third kappa shape index (κ3) is 2.17. The first kappa shape index (κ1) is 8.62. The van der Waals surface area contributed by atoms with E-state index in [1.807, 2.05) is 4.98 Å². The maximum atomic E-state index is 11.8. The Hall–Kier alpha value is -1.44. The van der Waals surface area contributed by atoms with Gasteiger partial charge in [0, 0.05) is 20.9 Å². The van der Waals surface area contributed by atoms with Crippen LogP contribution < -0.4 is 11.2 Å². The van der Waals surface area contributed by atoms with Gasteiger partial charge in [0.15, 0.2) is 0 Å². The van der Waals surface area contributed by atoms with E-state index in [0.717, 1.165) is 6.20 Å². The second-order valence-corrected chi connectivity index (χ2v) is 3.67. The van der Waals surface area contributed by atoms with Crippen LogP contribution in [0.25, 0.3) is 0 Å². The van der Waals surface area contributed by atoms with Crippen molar-refractivity contribution in [2.75, 3.05) is 6.61 Å². The highest BCUT2D eigenvalue weighted by molar-refractivity contribution is 5.02. The molecule has 0 aliphatic carbocycles. The van der Waals surface area contributed by atoms with Gasteiger partial charge in [0.1, 0.15) is 12.3 Å².